The van der Waals surface area contributed by atoms with Crippen molar-refractivity contribution in [1.29, 1.82) is 0 Å². The van der Waals surface area contributed by atoms with E-state index in [1.54, 1.807) is 0 Å². The second-order valence-corrected chi connectivity index (χ2v) is 14.8. The summed E-state index contributed by atoms with van der Waals surface area (Å²) in [6.45, 7) is 24.7. The summed E-state index contributed by atoms with van der Waals surface area (Å²) < 4.78 is 41.0. The first-order valence-electron chi connectivity index (χ1n) is 15.5. The number of rotatable bonds is 6. The van der Waals surface area contributed by atoms with Crippen molar-refractivity contribution in [2.75, 3.05) is 31.1 Å². The van der Waals surface area contributed by atoms with E-state index in [1.165, 1.54) is 5.69 Å². The monoisotopic (exact) mass is 580 g/mol. The van der Waals surface area contributed by atoms with Gasteiger partial charge in [-0.25, -0.2) is 4.52 Å². The first-order chi connectivity index (χ1) is 19.5. The molecule has 10 nitrogen and oxygen atoms in total. The maximum Gasteiger partial charge on any atom is 0.496 e. The lowest BCUT2D eigenvalue weighted by atomic mass is 9.49. The topological polar surface area (TPSA) is 88.0 Å². The summed E-state index contributed by atoms with van der Waals surface area (Å²) in [7, 11) is -1.71. The van der Waals surface area contributed by atoms with Crippen LogP contribution in [-0.4, -0.2) is 90.5 Å². The van der Waals surface area contributed by atoms with E-state index in [0.29, 0.717) is 12.8 Å². The van der Waals surface area contributed by atoms with Crippen molar-refractivity contribution in [2.45, 2.75) is 116 Å². The highest BCUT2D eigenvalue weighted by Gasteiger charge is 2.65. The number of hydrogen-bond donors (Lipinski definition) is 1. The van der Waals surface area contributed by atoms with Crippen LogP contribution in [0.15, 0.2) is 24.5 Å². The normalized spacial score (nSPS) is 32.0. The third kappa shape index (κ3) is 4.93. The van der Waals surface area contributed by atoms with Crippen LogP contribution < -0.4 is 15.7 Å². The SMILES string of the molecule is CC1(C)OB(B2OC(C)(C)C(C)(CCC3(C)OB(c4cc5c(N6CCNCC6)ccnn5c4)OC3(C)C)O2)OC1(C)C. The summed E-state index contributed by atoms with van der Waals surface area (Å²) in [4.78, 5) is 2.41. The predicted molar refractivity (Wildman–Crippen MR) is 166 cm³/mol. The quantitative estimate of drug-likeness (QED) is 0.519. The molecule has 4 saturated heterocycles. The maximum absolute atomic E-state index is 6.79. The van der Waals surface area contributed by atoms with Gasteiger partial charge in [0.25, 0.3) is 0 Å². The van der Waals surface area contributed by atoms with Crippen LogP contribution in [0.25, 0.3) is 5.52 Å². The largest absolute Gasteiger partial charge is 0.496 e. The fourth-order valence-corrected chi connectivity index (χ4v) is 6.40. The van der Waals surface area contributed by atoms with Gasteiger partial charge < -0.3 is 38.1 Å². The average Bonchev–Trinajstić information content (AvgIpc) is 3.57. The molecule has 2 atom stereocenters. The Morgan fingerprint density at radius 3 is 1.93 bits per heavy atom. The van der Waals surface area contributed by atoms with Gasteiger partial charge in [0.1, 0.15) is 0 Å². The lowest BCUT2D eigenvalue weighted by Crippen LogP contribution is -2.50. The number of fused-ring (bicyclic) bond motifs is 1. The van der Waals surface area contributed by atoms with Crippen LogP contribution in [0.2, 0.25) is 0 Å². The molecule has 4 aliphatic heterocycles. The molecule has 0 aromatic carbocycles. The van der Waals surface area contributed by atoms with E-state index in [-0.39, 0.29) is 0 Å². The van der Waals surface area contributed by atoms with Gasteiger partial charge in [-0.2, -0.15) is 5.10 Å². The molecule has 42 heavy (non-hydrogen) atoms. The standard InChI is InChI=1S/C29H47B3N4O6/c1-24(2)25(3,4)39-31(38-24)32-40-27(7,8)29(10,42-32)13-12-28(9)26(5,6)37-30(41-28)21-19-23-22(11-14-34-36(23)20-21)35-17-15-33-16-18-35/h11,14,19-20,33H,12-13,15-18H2,1-10H3. The van der Waals surface area contributed by atoms with E-state index < -0.39 is 54.7 Å². The van der Waals surface area contributed by atoms with E-state index >= 15 is 0 Å². The Balaban J connectivity index is 1.17. The molecule has 6 heterocycles. The molecule has 2 aromatic rings. The van der Waals surface area contributed by atoms with Gasteiger partial charge in [-0.3, -0.25) is 0 Å². The van der Waals surface area contributed by atoms with Crippen LogP contribution in [0.4, 0.5) is 5.69 Å². The zero-order valence-corrected chi connectivity index (χ0v) is 27.1. The summed E-state index contributed by atoms with van der Waals surface area (Å²) in [5, 5.41) is 8.01. The van der Waals surface area contributed by atoms with Crippen molar-refractivity contribution in [1.82, 2.24) is 14.9 Å². The Kier molecular flexibility index (Phi) is 7.21. The predicted octanol–water partition coefficient (Wildman–Crippen LogP) is 3.05. The van der Waals surface area contributed by atoms with Crippen molar-refractivity contribution in [3.63, 3.8) is 0 Å². The molecular weight excluding hydrogens is 533 g/mol. The summed E-state index contributed by atoms with van der Waals surface area (Å²) in [6.07, 6.45) is 5.31. The van der Waals surface area contributed by atoms with Crippen LogP contribution in [-0.2, 0) is 27.9 Å². The van der Waals surface area contributed by atoms with Gasteiger partial charge in [0.05, 0.1) is 44.8 Å². The molecule has 0 bridgehead atoms. The molecule has 2 unspecified atom stereocenters. The van der Waals surface area contributed by atoms with Gasteiger partial charge >= 0.3 is 21.1 Å². The summed E-state index contributed by atoms with van der Waals surface area (Å²) in [5.74, 6) is 0. The van der Waals surface area contributed by atoms with Gasteiger partial charge in [-0.15, -0.1) is 0 Å². The number of aromatic nitrogens is 2. The van der Waals surface area contributed by atoms with Gasteiger partial charge in [0, 0.05) is 44.0 Å². The van der Waals surface area contributed by atoms with E-state index in [9.17, 15) is 0 Å². The molecule has 4 fully saturated rings. The van der Waals surface area contributed by atoms with E-state index in [0.717, 1.165) is 37.2 Å². The van der Waals surface area contributed by atoms with Crippen molar-refractivity contribution in [3.8, 4) is 0 Å². The zero-order valence-electron chi connectivity index (χ0n) is 27.1. The number of nitrogens with one attached hydrogen (secondary N) is 1. The highest BCUT2D eigenvalue weighted by atomic mass is 16.7. The fraction of sp³-hybridized carbons (Fsp3) is 0.759. The molecular formula is C29H47B3N4O6. The van der Waals surface area contributed by atoms with Gasteiger partial charge in [0.2, 0.25) is 0 Å². The van der Waals surface area contributed by atoms with Crippen molar-refractivity contribution in [2.24, 2.45) is 0 Å². The summed E-state index contributed by atoms with van der Waals surface area (Å²) in [6, 6.07) is 4.25. The minimum absolute atomic E-state index is 0.458. The van der Waals surface area contributed by atoms with Gasteiger partial charge in [0.15, 0.2) is 0 Å². The minimum atomic E-state index is -0.619. The Labute approximate surface area is 251 Å². The van der Waals surface area contributed by atoms with E-state index in [4.69, 9.17) is 27.9 Å². The summed E-state index contributed by atoms with van der Waals surface area (Å²) in [5.41, 5.74) is 0.0454. The Morgan fingerprint density at radius 1 is 0.738 bits per heavy atom. The smallest absolute Gasteiger partial charge is 0.405 e. The highest BCUT2D eigenvalue weighted by Crippen LogP contribution is 2.48. The molecule has 6 rings (SSSR count). The lowest BCUT2D eigenvalue weighted by Gasteiger charge is -2.42. The molecule has 0 radical (unpaired) electrons. The van der Waals surface area contributed by atoms with E-state index in [1.807, 2.05) is 44.6 Å². The first-order valence-corrected chi connectivity index (χ1v) is 15.5. The van der Waals surface area contributed by atoms with Crippen LogP contribution in [0.3, 0.4) is 0 Å². The molecule has 228 valence electrons. The van der Waals surface area contributed by atoms with Crippen LogP contribution in [0.5, 0.6) is 0 Å². The second-order valence-electron chi connectivity index (χ2n) is 14.8. The second kappa shape index (κ2) is 9.96. The molecule has 4 aliphatic rings. The molecule has 0 saturated carbocycles. The van der Waals surface area contributed by atoms with Crippen molar-refractivity contribution < 1.29 is 27.9 Å². The average molecular weight is 580 g/mol. The molecule has 0 aliphatic carbocycles. The van der Waals surface area contributed by atoms with E-state index in [2.05, 4.69) is 69.0 Å². The third-order valence-corrected chi connectivity index (χ3v) is 10.9. The minimum Gasteiger partial charge on any atom is -0.405 e. The number of nitrogens with zero attached hydrogens (tertiary/aromatic N) is 3. The maximum atomic E-state index is 6.79. The van der Waals surface area contributed by atoms with Crippen molar-refractivity contribution in [3.05, 3.63) is 24.5 Å². The molecule has 0 amide bonds. The first kappa shape index (κ1) is 30.4. The molecule has 1 N–H and O–H groups in total. The lowest BCUT2D eigenvalue weighted by molar-refractivity contribution is -0.0576. The van der Waals surface area contributed by atoms with Gasteiger partial charge in [-0.1, -0.05) is 0 Å². The number of hydrogen-bond acceptors (Lipinski definition) is 9. The molecule has 13 heteroatoms. The van der Waals surface area contributed by atoms with Crippen LogP contribution in [0, 0.1) is 0 Å². The Hall–Kier alpha value is -1.60. The zero-order chi connectivity index (χ0) is 30.3. The van der Waals surface area contributed by atoms with Crippen LogP contribution >= 0.6 is 0 Å². The highest BCUT2D eigenvalue weighted by molar-refractivity contribution is 7.11. The van der Waals surface area contributed by atoms with Gasteiger partial charge in [-0.05, 0) is 94.2 Å². The molecule has 0 spiro atoms. The van der Waals surface area contributed by atoms with Crippen LogP contribution in [0.1, 0.15) is 82.1 Å². The summed E-state index contributed by atoms with van der Waals surface area (Å²) >= 11 is 0. The fourth-order valence-electron chi connectivity index (χ4n) is 6.40. The third-order valence-electron chi connectivity index (χ3n) is 10.9. The number of piperazine rings is 1. The number of anilines is 1. The molecule has 2 aromatic heterocycles. The van der Waals surface area contributed by atoms with Crippen molar-refractivity contribution >= 4 is 37.8 Å². The Morgan fingerprint density at radius 2 is 1.29 bits per heavy atom. The Bertz CT molecular complexity index is 1320.